The lowest BCUT2D eigenvalue weighted by Gasteiger charge is -2.15. The highest BCUT2D eigenvalue weighted by Gasteiger charge is 2.10. The molecule has 2 atom stereocenters. The largest absolute Gasteiger partial charge is 0.463 e. The Labute approximate surface area is 154 Å². The second kappa shape index (κ2) is 16.2. The van der Waals surface area contributed by atoms with E-state index >= 15 is 0 Å². The molecule has 0 aliphatic rings. The van der Waals surface area contributed by atoms with Crippen LogP contribution in [0.1, 0.15) is 98.3 Å². The van der Waals surface area contributed by atoms with Gasteiger partial charge >= 0.3 is 11.9 Å². The van der Waals surface area contributed by atoms with E-state index in [9.17, 15) is 9.59 Å². The number of allylic oxidation sites excluding steroid dienone is 2. The first-order chi connectivity index (χ1) is 12.0. The molecule has 0 spiro atoms. The lowest BCUT2D eigenvalue weighted by atomic mass is 10.0. The molecule has 146 valence electrons. The predicted molar refractivity (Wildman–Crippen MR) is 102 cm³/mol. The fraction of sp³-hybridized carbons (Fsp3) is 0.810. The normalized spacial score (nSPS) is 13.6. The summed E-state index contributed by atoms with van der Waals surface area (Å²) >= 11 is 0. The van der Waals surface area contributed by atoms with Gasteiger partial charge in [0.2, 0.25) is 0 Å². The van der Waals surface area contributed by atoms with E-state index in [4.69, 9.17) is 9.47 Å². The molecule has 2 unspecified atom stereocenters. The Morgan fingerprint density at radius 3 is 2.00 bits per heavy atom. The van der Waals surface area contributed by atoms with E-state index in [-0.39, 0.29) is 24.1 Å². The minimum atomic E-state index is -0.197. The highest BCUT2D eigenvalue weighted by molar-refractivity contribution is 5.66. The maximum absolute atomic E-state index is 11.0. The van der Waals surface area contributed by atoms with Crippen molar-refractivity contribution in [3.05, 3.63) is 12.2 Å². The smallest absolute Gasteiger partial charge is 0.302 e. The fourth-order valence-corrected chi connectivity index (χ4v) is 2.91. The van der Waals surface area contributed by atoms with Gasteiger partial charge in [-0.2, -0.15) is 0 Å². The molecule has 0 aliphatic carbocycles. The molecule has 0 bridgehead atoms. The summed E-state index contributed by atoms with van der Waals surface area (Å²) in [7, 11) is 0. The van der Waals surface area contributed by atoms with Crippen molar-refractivity contribution in [2.45, 2.75) is 111 Å². The zero-order chi connectivity index (χ0) is 18.9. The monoisotopic (exact) mass is 354 g/mol. The van der Waals surface area contributed by atoms with Crippen molar-refractivity contribution >= 4 is 11.9 Å². The molecule has 0 saturated carbocycles. The number of unbranched alkanes of at least 4 members (excludes halogenated alkanes) is 5. The number of ether oxygens (including phenoxy) is 2. The Hall–Kier alpha value is -1.32. The molecule has 0 aromatic rings. The van der Waals surface area contributed by atoms with Crippen LogP contribution in [-0.2, 0) is 19.1 Å². The van der Waals surface area contributed by atoms with Gasteiger partial charge in [-0.3, -0.25) is 9.59 Å². The van der Waals surface area contributed by atoms with Gasteiger partial charge in [0.05, 0.1) is 6.10 Å². The van der Waals surface area contributed by atoms with Gasteiger partial charge in [0, 0.05) is 13.8 Å². The summed E-state index contributed by atoms with van der Waals surface area (Å²) in [6.45, 7) is 7.01. The second-order valence-electron chi connectivity index (χ2n) is 6.83. The first-order valence-electron chi connectivity index (χ1n) is 9.95. The summed E-state index contributed by atoms with van der Waals surface area (Å²) < 4.78 is 10.4. The Balaban J connectivity index is 3.50. The lowest BCUT2D eigenvalue weighted by molar-refractivity contribution is -0.147. The third-order valence-electron chi connectivity index (χ3n) is 4.11. The molecule has 4 heteroatoms. The van der Waals surface area contributed by atoms with E-state index in [0.717, 1.165) is 51.4 Å². The van der Waals surface area contributed by atoms with Crippen molar-refractivity contribution in [2.24, 2.45) is 0 Å². The zero-order valence-corrected chi connectivity index (χ0v) is 16.7. The molecule has 0 aromatic heterocycles. The average Bonchev–Trinajstić information content (AvgIpc) is 2.51. The standard InChI is InChI=1S/C21H38O4/c1-5-15-21(25-20(4)23)17-14-12-10-8-6-7-9-11-13-16-18(2)24-19(3)22/h7,9,18,21H,5-6,8,10-17H2,1-4H3/b9-7-. The minimum absolute atomic E-state index is 0.0226. The van der Waals surface area contributed by atoms with E-state index in [1.165, 1.54) is 33.1 Å². The summed E-state index contributed by atoms with van der Waals surface area (Å²) in [5.74, 6) is -0.359. The van der Waals surface area contributed by atoms with Crippen LogP contribution in [0.2, 0.25) is 0 Å². The van der Waals surface area contributed by atoms with E-state index in [2.05, 4.69) is 19.1 Å². The maximum atomic E-state index is 11.0. The van der Waals surface area contributed by atoms with Crippen LogP contribution >= 0.6 is 0 Å². The van der Waals surface area contributed by atoms with Gasteiger partial charge in [-0.1, -0.05) is 38.3 Å². The topological polar surface area (TPSA) is 52.6 Å². The number of carbonyl (C=O) groups excluding carboxylic acids is 2. The number of esters is 2. The van der Waals surface area contributed by atoms with E-state index < -0.39 is 0 Å². The molecule has 0 amide bonds. The third kappa shape index (κ3) is 17.3. The molecular formula is C21H38O4. The van der Waals surface area contributed by atoms with E-state index in [1.807, 2.05) is 6.92 Å². The van der Waals surface area contributed by atoms with Crippen molar-refractivity contribution in [1.29, 1.82) is 0 Å². The summed E-state index contributed by atoms with van der Waals surface area (Å²) in [5, 5.41) is 0. The van der Waals surface area contributed by atoms with Crippen LogP contribution in [-0.4, -0.2) is 24.1 Å². The maximum Gasteiger partial charge on any atom is 0.302 e. The number of hydrogen-bond donors (Lipinski definition) is 0. The van der Waals surface area contributed by atoms with E-state index in [1.54, 1.807) is 0 Å². The number of hydrogen-bond acceptors (Lipinski definition) is 4. The molecule has 0 N–H and O–H groups in total. The molecule has 0 saturated heterocycles. The number of carbonyl (C=O) groups is 2. The van der Waals surface area contributed by atoms with Gasteiger partial charge < -0.3 is 9.47 Å². The first kappa shape index (κ1) is 23.7. The van der Waals surface area contributed by atoms with Gasteiger partial charge in [-0.15, -0.1) is 0 Å². The summed E-state index contributed by atoms with van der Waals surface area (Å²) in [4.78, 5) is 21.8. The molecule has 0 radical (unpaired) electrons. The number of rotatable bonds is 15. The van der Waals surface area contributed by atoms with Gasteiger partial charge in [0.25, 0.3) is 0 Å². The summed E-state index contributed by atoms with van der Waals surface area (Å²) in [6, 6.07) is 0. The molecule has 0 heterocycles. The van der Waals surface area contributed by atoms with Gasteiger partial charge in [0.15, 0.2) is 0 Å². The van der Waals surface area contributed by atoms with E-state index in [0.29, 0.717) is 0 Å². The molecule has 25 heavy (non-hydrogen) atoms. The predicted octanol–water partition coefficient (Wildman–Crippen LogP) is 5.74. The molecule has 0 aliphatic heterocycles. The molecule has 4 nitrogen and oxygen atoms in total. The van der Waals surface area contributed by atoms with Crippen LogP contribution in [0.3, 0.4) is 0 Å². The molecule has 0 aromatic carbocycles. The quantitative estimate of drug-likeness (QED) is 0.214. The van der Waals surface area contributed by atoms with Crippen molar-refractivity contribution in [3.8, 4) is 0 Å². The van der Waals surface area contributed by atoms with Crippen LogP contribution in [0.4, 0.5) is 0 Å². The van der Waals surface area contributed by atoms with Crippen LogP contribution in [0.15, 0.2) is 12.2 Å². The minimum Gasteiger partial charge on any atom is -0.463 e. The van der Waals surface area contributed by atoms with Crippen molar-refractivity contribution in [3.63, 3.8) is 0 Å². The van der Waals surface area contributed by atoms with Gasteiger partial charge in [-0.25, -0.2) is 0 Å². The van der Waals surface area contributed by atoms with Crippen LogP contribution in [0.25, 0.3) is 0 Å². The fourth-order valence-electron chi connectivity index (χ4n) is 2.91. The van der Waals surface area contributed by atoms with Crippen LogP contribution in [0, 0.1) is 0 Å². The summed E-state index contributed by atoms with van der Waals surface area (Å²) in [6.07, 6.45) is 16.6. The Kier molecular flexibility index (Phi) is 15.3. The molecule has 0 fully saturated rings. The third-order valence-corrected chi connectivity index (χ3v) is 4.11. The van der Waals surface area contributed by atoms with Crippen molar-refractivity contribution < 1.29 is 19.1 Å². The zero-order valence-electron chi connectivity index (χ0n) is 16.7. The van der Waals surface area contributed by atoms with Crippen LogP contribution in [0.5, 0.6) is 0 Å². The van der Waals surface area contributed by atoms with Crippen molar-refractivity contribution in [1.82, 2.24) is 0 Å². The van der Waals surface area contributed by atoms with Gasteiger partial charge in [-0.05, 0) is 58.3 Å². The highest BCUT2D eigenvalue weighted by atomic mass is 16.5. The Morgan fingerprint density at radius 1 is 0.800 bits per heavy atom. The molecule has 0 rings (SSSR count). The SMILES string of the molecule is CCCC(CCCCCC/C=C\CCCC(C)OC(C)=O)OC(C)=O. The molecular weight excluding hydrogens is 316 g/mol. The van der Waals surface area contributed by atoms with Crippen molar-refractivity contribution in [2.75, 3.05) is 0 Å². The summed E-state index contributed by atoms with van der Waals surface area (Å²) in [5.41, 5.74) is 0. The second-order valence-corrected chi connectivity index (χ2v) is 6.83. The Morgan fingerprint density at radius 2 is 1.40 bits per heavy atom. The lowest BCUT2D eigenvalue weighted by Crippen LogP contribution is -2.15. The first-order valence-corrected chi connectivity index (χ1v) is 9.95. The Bertz CT molecular complexity index is 376. The van der Waals surface area contributed by atoms with Gasteiger partial charge in [0.1, 0.15) is 6.10 Å². The van der Waals surface area contributed by atoms with Crippen LogP contribution < -0.4 is 0 Å². The average molecular weight is 355 g/mol. The highest BCUT2D eigenvalue weighted by Crippen LogP contribution is 2.14.